The lowest BCUT2D eigenvalue weighted by atomic mass is 10.1. The van der Waals surface area contributed by atoms with Gasteiger partial charge in [-0.05, 0) is 29.8 Å². The van der Waals surface area contributed by atoms with Crippen LogP contribution in [0.4, 0.5) is 18.9 Å². The molecule has 0 saturated carbocycles. The van der Waals surface area contributed by atoms with Gasteiger partial charge in [0.2, 0.25) is 0 Å². The Labute approximate surface area is 127 Å². The predicted molar refractivity (Wildman–Crippen MR) is 77.5 cm³/mol. The third-order valence-electron chi connectivity index (χ3n) is 2.46. The summed E-state index contributed by atoms with van der Waals surface area (Å²) in [5, 5.41) is 3.10. The highest BCUT2D eigenvalue weighted by Crippen LogP contribution is 2.29. The first-order chi connectivity index (χ1) is 8.55. The molecule has 0 spiro atoms. The van der Waals surface area contributed by atoms with Gasteiger partial charge in [0, 0.05) is 24.6 Å². The molecule has 2 rings (SSSR count). The zero-order valence-corrected chi connectivity index (χ0v) is 11.9. The number of nitrogens with zero attached hydrogens (tertiary/aromatic N) is 1. The average molecular weight is 325 g/mol. The highest BCUT2D eigenvalue weighted by atomic mass is 35.5. The smallest absolute Gasteiger partial charge is 0.381 e. The molecule has 1 heterocycles. The second-order valence-electron chi connectivity index (χ2n) is 3.78. The number of aromatic nitrogens is 1. The maximum Gasteiger partial charge on any atom is 0.416 e. The third kappa shape index (κ3) is 5.27. The Hall–Kier alpha value is -1.46. The van der Waals surface area contributed by atoms with Gasteiger partial charge in [-0.15, -0.1) is 24.8 Å². The molecular formula is C13H13Cl2F3N2. The molecule has 1 N–H and O–H groups in total. The monoisotopic (exact) mass is 324 g/mol. The van der Waals surface area contributed by atoms with Gasteiger partial charge in [0.05, 0.1) is 5.56 Å². The summed E-state index contributed by atoms with van der Waals surface area (Å²) >= 11 is 0. The van der Waals surface area contributed by atoms with Gasteiger partial charge in [0.25, 0.3) is 0 Å². The maximum atomic E-state index is 12.3. The first kappa shape index (κ1) is 18.5. The number of nitrogens with one attached hydrogen (secondary N) is 1. The second-order valence-corrected chi connectivity index (χ2v) is 3.78. The van der Waals surface area contributed by atoms with E-state index in [1.54, 1.807) is 24.5 Å². The topological polar surface area (TPSA) is 24.9 Å². The molecule has 0 aliphatic heterocycles. The lowest BCUT2D eigenvalue weighted by Crippen LogP contribution is -2.05. The minimum Gasteiger partial charge on any atom is -0.381 e. The van der Waals surface area contributed by atoms with Gasteiger partial charge in [-0.2, -0.15) is 13.2 Å². The standard InChI is InChI=1S/C13H11F3N2.2ClH/c14-13(15,16)11-3-1-10(2-4-11)9-18-12-5-7-17-8-6-12;;/h1-8H,9H2,(H,17,18);2*1H. The van der Waals surface area contributed by atoms with Crippen molar-refractivity contribution in [1.29, 1.82) is 0 Å². The van der Waals surface area contributed by atoms with Crippen molar-refractivity contribution in [3.05, 3.63) is 59.9 Å². The van der Waals surface area contributed by atoms with Crippen molar-refractivity contribution in [2.45, 2.75) is 12.7 Å². The molecule has 0 radical (unpaired) electrons. The zero-order valence-electron chi connectivity index (χ0n) is 10.2. The molecule has 0 bridgehead atoms. The fraction of sp³-hybridized carbons (Fsp3) is 0.154. The van der Waals surface area contributed by atoms with Crippen molar-refractivity contribution in [3.63, 3.8) is 0 Å². The Bertz CT molecular complexity index is 501. The number of rotatable bonds is 3. The molecule has 7 heteroatoms. The molecule has 0 fully saturated rings. The Morgan fingerprint density at radius 1 is 0.900 bits per heavy atom. The van der Waals surface area contributed by atoms with E-state index in [2.05, 4.69) is 10.3 Å². The molecule has 20 heavy (non-hydrogen) atoms. The molecule has 1 aromatic heterocycles. The summed E-state index contributed by atoms with van der Waals surface area (Å²) in [5.74, 6) is 0. The number of anilines is 1. The van der Waals surface area contributed by atoms with Gasteiger partial charge in [0.15, 0.2) is 0 Å². The minimum atomic E-state index is -4.28. The van der Waals surface area contributed by atoms with Gasteiger partial charge in [-0.3, -0.25) is 4.98 Å². The Kier molecular flexibility index (Phi) is 7.39. The molecule has 0 atom stereocenters. The number of benzene rings is 1. The van der Waals surface area contributed by atoms with E-state index in [-0.39, 0.29) is 24.8 Å². The van der Waals surface area contributed by atoms with Crippen LogP contribution >= 0.6 is 24.8 Å². The quantitative estimate of drug-likeness (QED) is 0.895. The maximum absolute atomic E-state index is 12.3. The molecule has 0 amide bonds. The van der Waals surface area contributed by atoms with Gasteiger partial charge < -0.3 is 5.32 Å². The summed E-state index contributed by atoms with van der Waals surface area (Å²) in [7, 11) is 0. The molecule has 110 valence electrons. The van der Waals surface area contributed by atoms with Gasteiger partial charge >= 0.3 is 6.18 Å². The molecule has 2 nitrogen and oxygen atoms in total. The molecule has 1 aromatic carbocycles. The second kappa shape index (κ2) is 7.97. The number of halogens is 5. The number of pyridine rings is 1. The summed E-state index contributed by atoms with van der Waals surface area (Å²) in [5.41, 5.74) is 1.04. The molecule has 0 aliphatic rings. The van der Waals surface area contributed by atoms with Gasteiger partial charge in [-0.25, -0.2) is 0 Å². The van der Waals surface area contributed by atoms with Crippen molar-refractivity contribution >= 4 is 30.5 Å². The van der Waals surface area contributed by atoms with E-state index in [0.717, 1.165) is 23.4 Å². The van der Waals surface area contributed by atoms with Crippen LogP contribution < -0.4 is 5.32 Å². The molecular weight excluding hydrogens is 312 g/mol. The fourth-order valence-corrected chi connectivity index (χ4v) is 1.49. The molecule has 0 unspecified atom stereocenters. The van der Waals surface area contributed by atoms with Crippen LogP contribution in [0.1, 0.15) is 11.1 Å². The average Bonchev–Trinajstić information content (AvgIpc) is 2.37. The van der Waals surface area contributed by atoms with E-state index in [1.807, 2.05) is 0 Å². The van der Waals surface area contributed by atoms with Crippen LogP contribution in [0.25, 0.3) is 0 Å². The van der Waals surface area contributed by atoms with E-state index in [0.29, 0.717) is 6.54 Å². The van der Waals surface area contributed by atoms with E-state index >= 15 is 0 Å². The molecule has 0 saturated heterocycles. The largest absolute Gasteiger partial charge is 0.416 e. The van der Waals surface area contributed by atoms with Crippen LogP contribution in [0.5, 0.6) is 0 Å². The summed E-state index contributed by atoms with van der Waals surface area (Å²) < 4.78 is 37.0. The van der Waals surface area contributed by atoms with Crippen molar-refractivity contribution in [3.8, 4) is 0 Å². The van der Waals surface area contributed by atoms with E-state index < -0.39 is 11.7 Å². The minimum absolute atomic E-state index is 0. The number of hydrogen-bond acceptors (Lipinski definition) is 2. The van der Waals surface area contributed by atoms with Crippen LogP contribution in [-0.4, -0.2) is 4.98 Å². The Morgan fingerprint density at radius 3 is 1.95 bits per heavy atom. The van der Waals surface area contributed by atoms with Crippen LogP contribution in [0, 0.1) is 0 Å². The van der Waals surface area contributed by atoms with Crippen LogP contribution in [-0.2, 0) is 12.7 Å². The van der Waals surface area contributed by atoms with Crippen molar-refractivity contribution in [2.24, 2.45) is 0 Å². The third-order valence-corrected chi connectivity index (χ3v) is 2.46. The van der Waals surface area contributed by atoms with Crippen molar-refractivity contribution in [1.82, 2.24) is 4.98 Å². The van der Waals surface area contributed by atoms with E-state index in [9.17, 15) is 13.2 Å². The van der Waals surface area contributed by atoms with Crippen molar-refractivity contribution in [2.75, 3.05) is 5.32 Å². The summed E-state index contributed by atoms with van der Waals surface area (Å²) in [6.07, 6.45) is -0.985. The molecule has 0 aliphatic carbocycles. The van der Waals surface area contributed by atoms with Crippen LogP contribution in [0.3, 0.4) is 0 Å². The Balaban J connectivity index is 0.00000180. The summed E-state index contributed by atoms with van der Waals surface area (Å²) in [6, 6.07) is 8.70. The summed E-state index contributed by atoms with van der Waals surface area (Å²) in [6.45, 7) is 0.474. The fourth-order valence-electron chi connectivity index (χ4n) is 1.49. The number of alkyl halides is 3. The normalized spacial score (nSPS) is 10.2. The highest BCUT2D eigenvalue weighted by Gasteiger charge is 2.29. The SMILES string of the molecule is Cl.Cl.FC(F)(F)c1ccc(CNc2ccncc2)cc1. The first-order valence-electron chi connectivity index (χ1n) is 5.36. The highest BCUT2D eigenvalue weighted by molar-refractivity contribution is 5.85. The predicted octanol–water partition coefficient (Wildman–Crippen LogP) is 4.56. The Morgan fingerprint density at radius 2 is 1.45 bits per heavy atom. The molecule has 2 aromatic rings. The lowest BCUT2D eigenvalue weighted by Gasteiger charge is -2.09. The summed E-state index contributed by atoms with van der Waals surface area (Å²) in [4.78, 5) is 3.87. The zero-order chi connectivity index (χ0) is 13.0. The van der Waals surface area contributed by atoms with Crippen molar-refractivity contribution < 1.29 is 13.2 Å². The van der Waals surface area contributed by atoms with Gasteiger partial charge in [-0.1, -0.05) is 12.1 Å². The first-order valence-corrected chi connectivity index (χ1v) is 5.36. The van der Waals surface area contributed by atoms with E-state index in [4.69, 9.17) is 0 Å². The van der Waals surface area contributed by atoms with E-state index in [1.165, 1.54) is 12.1 Å². The van der Waals surface area contributed by atoms with Crippen LogP contribution in [0.2, 0.25) is 0 Å². The number of hydrogen-bond donors (Lipinski definition) is 1. The lowest BCUT2D eigenvalue weighted by molar-refractivity contribution is -0.137. The van der Waals surface area contributed by atoms with Crippen LogP contribution in [0.15, 0.2) is 48.8 Å². The van der Waals surface area contributed by atoms with Gasteiger partial charge in [0.1, 0.15) is 0 Å².